The molecule has 0 radical (unpaired) electrons. The number of ether oxygens (including phenoxy) is 1. The number of para-hydroxylation sites is 1. The van der Waals surface area contributed by atoms with Crippen molar-refractivity contribution < 1.29 is 9.53 Å². The van der Waals surface area contributed by atoms with Gasteiger partial charge in [-0.15, -0.1) is 0 Å². The van der Waals surface area contributed by atoms with Gasteiger partial charge in [-0.25, -0.2) is 0 Å². The number of hydrogen-bond acceptors (Lipinski definition) is 3. The Morgan fingerprint density at radius 3 is 2.43 bits per heavy atom. The smallest absolute Gasteiger partial charge is 0.252 e. The first-order valence-corrected chi connectivity index (χ1v) is 7.41. The molecule has 0 aliphatic carbocycles. The number of pyridine rings is 1. The van der Waals surface area contributed by atoms with E-state index in [2.05, 4.69) is 10.3 Å². The largest absolute Gasteiger partial charge is 0.457 e. The molecule has 0 bridgehead atoms. The molecule has 2 heterocycles. The summed E-state index contributed by atoms with van der Waals surface area (Å²) in [6.45, 7) is 0.527. The zero-order valence-electron chi connectivity index (χ0n) is 12.3. The van der Waals surface area contributed by atoms with Gasteiger partial charge in [0.1, 0.15) is 11.5 Å². The maximum atomic E-state index is 11.7. The van der Waals surface area contributed by atoms with Crippen LogP contribution in [0.4, 0.5) is 0 Å². The van der Waals surface area contributed by atoms with Crippen LogP contribution in [0, 0.1) is 0 Å². The summed E-state index contributed by atoms with van der Waals surface area (Å²) in [5.41, 5.74) is 3.47. The van der Waals surface area contributed by atoms with Gasteiger partial charge >= 0.3 is 0 Å². The second-order valence-corrected chi connectivity index (χ2v) is 5.31. The Kier molecular flexibility index (Phi) is 3.27. The normalized spacial score (nSPS) is 12.6. The fourth-order valence-electron chi connectivity index (χ4n) is 2.70. The summed E-state index contributed by atoms with van der Waals surface area (Å²) in [7, 11) is 0. The highest BCUT2D eigenvalue weighted by molar-refractivity contribution is 5.99. The highest BCUT2D eigenvalue weighted by Crippen LogP contribution is 2.29. The van der Waals surface area contributed by atoms with E-state index in [1.807, 2.05) is 54.6 Å². The molecule has 0 fully saturated rings. The molecule has 0 atom stereocenters. The van der Waals surface area contributed by atoms with Gasteiger partial charge < -0.3 is 10.1 Å². The lowest BCUT2D eigenvalue weighted by Crippen LogP contribution is -2.12. The van der Waals surface area contributed by atoms with Crippen LogP contribution < -0.4 is 10.1 Å². The number of aromatic nitrogens is 1. The number of benzene rings is 2. The van der Waals surface area contributed by atoms with Crippen LogP contribution in [0.15, 0.2) is 66.9 Å². The number of fused-ring (bicyclic) bond motifs is 1. The Hall–Kier alpha value is -3.14. The predicted octanol–water partition coefficient (Wildman–Crippen LogP) is 3.78. The average molecular weight is 302 g/mol. The van der Waals surface area contributed by atoms with Crippen LogP contribution in [0.2, 0.25) is 0 Å². The lowest BCUT2D eigenvalue weighted by atomic mass is 10.0. The highest BCUT2D eigenvalue weighted by Gasteiger charge is 2.22. The highest BCUT2D eigenvalue weighted by atomic mass is 16.5. The molecule has 3 aromatic rings. The van der Waals surface area contributed by atoms with Crippen LogP contribution >= 0.6 is 0 Å². The van der Waals surface area contributed by atoms with Gasteiger partial charge in [-0.2, -0.15) is 0 Å². The maximum Gasteiger partial charge on any atom is 0.252 e. The third-order valence-electron chi connectivity index (χ3n) is 3.83. The van der Waals surface area contributed by atoms with E-state index < -0.39 is 0 Å². The summed E-state index contributed by atoms with van der Waals surface area (Å²) < 4.78 is 5.79. The molecule has 0 saturated heterocycles. The molecule has 1 aromatic heterocycles. The predicted molar refractivity (Wildman–Crippen MR) is 87.4 cm³/mol. The maximum absolute atomic E-state index is 11.7. The molecule has 1 aliphatic heterocycles. The number of nitrogens with one attached hydrogen (secondary N) is 1. The Bertz CT molecular complexity index is 858. The van der Waals surface area contributed by atoms with Crippen molar-refractivity contribution >= 4 is 5.91 Å². The van der Waals surface area contributed by atoms with Gasteiger partial charge in [-0.05, 0) is 42.5 Å². The third-order valence-corrected chi connectivity index (χ3v) is 3.83. The molecule has 112 valence electrons. The lowest BCUT2D eigenvalue weighted by molar-refractivity contribution is 0.0965. The topological polar surface area (TPSA) is 51.2 Å². The van der Waals surface area contributed by atoms with Crippen LogP contribution in [0.1, 0.15) is 15.9 Å². The molecule has 0 saturated carbocycles. The second kappa shape index (κ2) is 5.57. The van der Waals surface area contributed by atoms with Crippen LogP contribution in [-0.4, -0.2) is 10.9 Å². The van der Waals surface area contributed by atoms with Crippen LogP contribution in [0.5, 0.6) is 11.5 Å². The standard InChI is InChI=1S/C19H14N2O2/c22-19-16-10-11-20-18(17(16)12-21-19)13-6-8-15(9-7-13)23-14-4-2-1-3-5-14/h1-11H,12H2,(H,21,22). The molecular formula is C19H14N2O2. The van der Waals surface area contributed by atoms with E-state index in [-0.39, 0.29) is 5.91 Å². The average Bonchev–Trinajstić information content (AvgIpc) is 2.98. The lowest BCUT2D eigenvalue weighted by Gasteiger charge is -2.08. The van der Waals surface area contributed by atoms with Crippen LogP contribution in [-0.2, 0) is 6.54 Å². The number of carbonyl (C=O) groups is 1. The number of hydrogen-bond donors (Lipinski definition) is 1. The second-order valence-electron chi connectivity index (χ2n) is 5.31. The minimum atomic E-state index is -0.0346. The number of amides is 1. The zero-order valence-corrected chi connectivity index (χ0v) is 12.3. The molecular weight excluding hydrogens is 288 g/mol. The van der Waals surface area contributed by atoms with Crippen molar-refractivity contribution in [3.05, 3.63) is 78.0 Å². The minimum absolute atomic E-state index is 0.0346. The van der Waals surface area contributed by atoms with Crippen molar-refractivity contribution in [3.8, 4) is 22.8 Å². The van der Waals surface area contributed by atoms with Gasteiger partial charge in [0, 0.05) is 29.4 Å². The van der Waals surface area contributed by atoms with Crippen LogP contribution in [0.25, 0.3) is 11.3 Å². The summed E-state index contributed by atoms with van der Waals surface area (Å²) >= 11 is 0. The van der Waals surface area contributed by atoms with E-state index in [1.165, 1.54) is 0 Å². The Labute approximate surface area is 133 Å². The molecule has 2 aromatic carbocycles. The molecule has 23 heavy (non-hydrogen) atoms. The Morgan fingerprint density at radius 1 is 0.913 bits per heavy atom. The monoisotopic (exact) mass is 302 g/mol. The van der Waals surface area contributed by atoms with E-state index in [0.29, 0.717) is 12.1 Å². The van der Waals surface area contributed by atoms with Crippen molar-refractivity contribution in [2.45, 2.75) is 6.54 Å². The van der Waals surface area contributed by atoms with Crippen molar-refractivity contribution in [2.75, 3.05) is 0 Å². The molecule has 1 aliphatic rings. The number of rotatable bonds is 3. The van der Waals surface area contributed by atoms with Gasteiger partial charge in [0.15, 0.2) is 0 Å². The molecule has 4 rings (SSSR count). The van der Waals surface area contributed by atoms with Gasteiger partial charge in [-0.3, -0.25) is 9.78 Å². The Balaban J connectivity index is 1.63. The summed E-state index contributed by atoms with van der Waals surface area (Å²) in [4.78, 5) is 16.2. The molecule has 0 spiro atoms. The van der Waals surface area contributed by atoms with E-state index in [9.17, 15) is 4.79 Å². The SMILES string of the molecule is O=C1NCc2c1ccnc2-c1ccc(Oc2ccccc2)cc1. The molecule has 1 amide bonds. The van der Waals surface area contributed by atoms with Gasteiger partial charge in [0.2, 0.25) is 0 Å². The molecule has 1 N–H and O–H groups in total. The van der Waals surface area contributed by atoms with Gasteiger partial charge in [0.05, 0.1) is 5.69 Å². The van der Waals surface area contributed by atoms with Crippen LogP contribution in [0.3, 0.4) is 0 Å². The first-order valence-electron chi connectivity index (χ1n) is 7.41. The fourth-order valence-corrected chi connectivity index (χ4v) is 2.70. The number of carbonyl (C=O) groups excluding carboxylic acids is 1. The first-order chi connectivity index (χ1) is 11.3. The summed E-state index contributed by atoms with van der Waals surface area (Å²) in [6, 6.07) is 19.2. The minimum Gasteiger partial charge on any atom is -0.457 e. The Morgan fingerprint density at radius 2 is 1.65 bits per heavy atom. The molecule has 0 unspecified atom stereocenters. The van der Waals surface area contributed by atoms with Crippen molar-refractivity contribution in [2.24, 2.45) is 0 Å². The van der Waals surface area contributed by atoms with Crippen molar-refractivity contribution in [1.29, 1.82) is 0 Å². The fraction of sp³-hybridized carbons (Fsp3) is 0.0526. The van der Waals surface area contributed by atoms with E-state index in [4.69, 9.17) is 4.74 Å². The van der Waals surface area contributed by atoms with E-state index in [1.54, 1.807) is 12.3 Å². The number of nitrogens with zero attached hydrogens (tertiary/aromatic N) is 1. The molecule has 4 nitrogen and oxygen atoms in total. The summed E-state index contributed by atoms with van der Waals surface area (Å²) in [6.07, 6.45) is 1.67. The summed E-state index contributed by atoms with van der Waals surface area (Å²) in [5, 5.41) is 2.84. The quantitative estimate of drug-likeness (QED) is 0.801. The summed E-state index contributed by atoms with van der Waals surface area (Å²) in [5.74, 6) is 1.53. The van der Waals surface area contributed by atoms with Gasteiger partial charge in [-0.1, -0.05) is 18.2 Å². The van der Waals surface area contributed by atoms with Crippen molar-refractivity contribution in [3.63, 3.8) is 0 Å². The first kappa shape index (κ1) is 13.5. The van der Waals surface area contributed by atoms with Gasteiger partial charge in [0.25, 0.3) is 5.91 Å². The van der Waals surface area contributed by atoms with Crippen molar-refractivity contribution in [1.82, 2.24) is 10.3 Å². The van der Waals surface area contributed by atoms with E-state index in [0.717, 1.165) is 28.3 Å². The zero-order chi connectivity index (χ0) is 15.6. The third kappa shape index (κ3) is 2.55. The molecule has 4 heteroatoms. The van der Waals surface area contributed by atoms with E-state index >= 15 is 0 Å².